The molecule has 5 nitrogen and oxygen atoms in total. The largest absolute Gasteiger partial charge is 0.367 e. The number of aromatic nitrogens is 1. The third kappa shape index (κ3) is 4.45. The Morgan fingerprint density at radius 3 is 2.48 bits per heavy atom. The van der Waals surface area contributed by atoms with Crippen LogP contribution in [0.1, 0.15) is 38.5 Å². The van der Waals surface area contributed by atoms with Crippen molar-refractivity contribution in [3.8, 4) is 0 Å². The molecule has 0 aliphatic heterocycles. The van der Waals surface area contributed by atoms with E-state index in [-0.39, 0.29) is 0 Å². The minimum Gasteiger partial charge on any atom is -0.367 e. The highest BCUT2D eigenvalue weighted by Gasteiger charge is 2.16. The molecule has 0 aromatic carbocycles. The molecule has 7 heteroatoms. The molecule has 1 fully saturated rings. The summed E-state index contributed by atoms with van der Waals surface area (Å²) in [4.78, 5) is 4.33. The Kier molecular flexibility index (Phi) is 5.17. The lowest BCUT2D eigenvalue weighted by molar-refractivity contribution is 0.603. The molecule has 0 radical (unpaired) electrons. The van der Waals surface area contributed by atoms with Crippen LogP contribution in [0.15, 0.2) is 40.1 Å². The summed E-state index contributed by atoms with van der Waals surface area (Å²) in [6, 6.07) is 7.35. The topological polar surface area (TPSA) is 71.1 Å². The Morgan fingerprint density at radius 1 is 1.09 bits per heavy atom. The molecule has 124 valence electrons. The van der Waals surface area contributed by atoms with Gasteiger partial charge in [-0.05, 0) is 36.4 Å². The Morgan fingerprint density at radius 2 is 1.87 bits per heavy atom. The number of hydrogen-bond acceptors (Lipinski definition) is 5. The summed E-state index contributed by atoms with van der Waals surface area (Å²) in [7, 11) is -3.51. The van der Waals surface area contributed by atoms with E-state index in [0.29, 0.717) is 15.9 Å². The van der Waals surface area contributed by atoms with E-state index in [1.165, 1.54) is 49.9 Å². The second-order valence-corrected chi connectivity index (χ2v) is 8.66. The number of sulfonamides is 1. The van der Waals surface area contributed by atoms with Gasteiger partial charge in [-0.25, -0.2) is 13.4 Å². The molecule has 1 aliphatic rings. The first-order chi connectivity index (χ1) is 11.1. The molecule has 0 amide bonds. The third-order valence-electron chi connectivity index (χ3n) is 3.98. The van der Waals surface area contributed by atoms with Gasteiger partial charge >= 0.3 is 0 Å². The number of rotatable bonds is 5. The van der Waals surface area contributed by atoms with Crippen molar-refractivity contribution >= 4 is 32.9 Å². The van der Waals surface area contributed by atoms with Gasteiger partial charge in [0.15, 0.2) is 0 Å². The van der Waals surface area contributed by atoms with E-state index in [9.17, 15) is 8.42 Å². The standard InChI is InChI=1S/C16H21N3O2S2/c20-23(21,16-8-5-11-22-16)19-14-9-10-15(17-12-14)18-13-6-3-1-2-4-7-13/h5,8-13,19H,1-4,6-7H2,(H,17,18). The number of hydrogen-bond donors (Lipinski definition) is 2. The van der Waals surface area contributed by atoms with Gasteiger partial charge in [0.05, 0.1) is 11.9 Å². The first-order valence-electron chi connectivity index (χ1n) is 7.92. The van der Waals surface area contributed by atoms with Gasteiger partial charge in [-0.2, -0.15) is 0 Å². The van der Waals surface area contributed by atoms with Gasteiger partial charge in [0.1, 0.15) is 10.0 Å². The molecule has 2 aromatic heterocycles. The summed E-state index contributed by atoms with van der Waals surface area (Å²) in [6.45, 7) is 0. The number of pyridine rings is 1. The molecular weight excluding hydrogens is 330 g/mol. The summed E-state index contributed by atoms with van der Waals surface area (Å²) >= 11 is 1.19. The lowest BCUT2D eigenvalue weighted by atomic mass is 10.1. The Labute approximate surface area is 141 Å². The molecule has 0 bridgehead atoms. The summed E-state index contributed by atoms with van der Waals surface area (Å²) in [6.07, 6.45) is 9.06. The second kappa shape index (κ2) is 7.31. The Balaban J connectivity index is 1.63. The second-order valence-electron chi connectivity index (χ2n) is 5.80. The highest BCUT2D eigenvalue weighted by atomic mass is 32.2. The number of nitrogens with zero attached hydrogens (tertiary/aromatic N) is 1. The molecule has 23 heavy (non-hydrogen) atoms. The predicted molar refractivity (Wildman–Crippen MR) is 94.5 cm³/mol. The first kappa shape index (κ1) is 16.3. The molecule has 2 heterocycles. The number of nitrogens with one attached hydrogen (secondary N) is 2. The maximum absolute atomic E-state index is 12.2. The van der Waals surface area contributed by atoms with E-state index in [4.69, 9.17) is 0 Å². The van der Waals surface area contributed by atoms with Gasteiger partial charge in [-0.15, -0.1) is 11.3 Å². The van der Waals surface area contributed by atoms with E-state index in [1.807, 2.05) is 6.07 Å². The van der Waals surface area contributed by atoms with E-state index in [2.05, 4.69) is 15.0 Å². The third-order valence-corrected chi connectivity index (χ3v) is 6.76. The van der Waals surface area contributed by atoms with E-state index in [0.717, 1.165) is 5.82 Å². The molecule has 0 atom stereocenters. The van der Waals surface area contributed by atoms with Crippen LogP contribution in [0.4, 0.5) is 11.5 Å². The molecule has 3 rings (SSSR count). The van der Waals surface area contributed by atoms with Crippen LogP contribution < -0.4 is 10.0 Å². The van der Waals surface area contributed by atoms with Crippen LogP contribution >= 0.6 is 11.3 Å². The van der Waals surface area contributed by atoms with Crippen molar-refractivity contribution in [3.63, 3.8) is 0 Å². The van der Waals surface area contributed by atoms with Crippen molar-refractivity contribution in [2.24, 2.45) is 0 Å². The molecular formula is C16H21N3O2S2. The number of thiophene rings is 1. The van der Waals surface area contributed by atoms with Crippen molar-refractivity contribution in [3.05, 3.63) is 35.8 Å². The molecule has 0 unspecified atom stereocenters. The lowest BCUT2D eigenvalue weighted by Crippen LogP contribution is -2.19. The SMILES string of the molecule is O=S(=O)(Nc1ccc(NC2CCCCCC2)nc1)c1cccs1. The fraction of sp³-hybridized carbons (Fsp3) is 0.438. The monoisotopic (exact) mass is 351 g/mol. The molecule has 0 spiro atoms. The van der Waals surface area contributed by atoms with Crippen LogP contribution in [-0.4, -0.2) is 19.4 Å². The van der Waals surface area contributed by atoms with Gasteiger partial charge in [0, 0.05) is 6.04 Å². The zero-order chi connectivity index (χ0) is 16.1. The normalized spacial score (nSPS) is 16.7. The van der Waals surface area contributed by atoms with Crippen LogP contribution in [0.3, 0.4) is 0 Å². The van der Waals surface area contributed by atoms with Crippen molar-refractivity contribution < 1.29 is 8.42 Å². The van der Waals surface area contributed by atoms with Gasteiger partial charge in [0.25, 0.3) is 10.0 Å². The molecule has 2 aromatic rings. The van der Waals surface area contributed by atoms with E-state index < -0.39 is 10.0 Å². The summed E-state index contributed by atoms with van der Waals surface area (Å²) in [5, 5.41) is 5.19. The zero-order valence-electron chi connectivity index (χ0n) is 12.9. The maximum atomic E-state index is 12.2. The summed E-state index contributed by atoms with van der Waals surface area (Å²) < 4.78 is 27.2. The smallest absolute Gasteiger partial charge is 0.271 e. The minimum absolute atomic E-state index is 0.304. The fourth-order valence-electron chi connectivity index (χ4n) is 2.79. The van der Waals surface area contributed by atoms with Crippen LogP contribution in [0.2, 0.25) is 0 Å². The average molecular weight is 351 g/mol. The summed E-state index contributed by atoms with van der Waals surface area (Å²) in [5.74, 6) is 0.802. The fourth-order valence-corrected chi connectivity index (χ4v) is 4.83. The quantitative estimate of drug-likeness (QED) is 0.796. The van der Waals surface area contributed by atoms with Crippen molar-refractivity contribution in [2.45, 2.75) is 48.8 Å². The molecule has 2 N–H and O–H groups in total. The van der Waals surface area contributed by atoms with Gasteiger partial charge in [0.2, 0.25) is 0 Å². The Bertz CT molecular complexity index is 704. The zero-order valence-corrected chi connectivity index (χ0v) is 14.5. The van der Waals surface area contributed by atoms with Gasteiger partial charge in [-0.3, -0.25) is 4.72 Å². The summed E-state index contributed by atoms with van der Waals surface area (Å²) in [5.41, 5.74) is 0.477. The average Bonchev–Trinajstić information content (AvgIpc) is 2.97. The predicted octanol–water partition coefficient (Wildman–Crippen LogP) is 4.08. The van der Waals surface area contributed by atoms with Crippen LogP contribution in [0.5, 0.6) is 0 Å². The molecule has 1 aliphatic carbocycles. The first-order valence-corrected chi connectivity index (χ1v) is 10.3. The van der Waals surface area contributed by atoms with Gasteiger partial charge < -0.3 is 5.32 Å². The van der Waals surface area contributed by atoms with Crippen LogP contribution in [0.25, 0.3) is 0 Å². The molecule has 0 saturated heterocycles. The van der Waals surface area contributed by atoms with Gasteiger partial charge in [-0.1, -0.05) is 31.7 Å². The van der Waals surface area contributed by atoms with E-state index in [1.54, 1.807) is 29.8 Å². The van der Waals surface area contributed by atoms with Crippen molar-refractivity contribution in [2.75, 3.05) is 10.0 Å². The van der Waals surface area contributed by atoms with Crippen LogP contribution in [0, 0.1) is 0 Å². The minimum atomic E-state index is -3.51. The van der Waals surface area contributed by atoms with Crippen LogP contribution in [-0.2, 0) is 10.0 Å². The number of anilines is 2. The highest BCUT2D eigenvalue weighted by Crippen LogP contribution is 2.22. The highest BCUT2D eigenvalue weighted by molar-refractivity contribution is 7.94. The maximum Gasteiger partial charge on any atom is 0.271 e. The van der Waals surface area contributed by atoms with Crippen molar-refractivity contribution in [1.82, 2.24) is 4.98 Å². The lowest BCUT2D eigenvalue weighted by Gasteiger charge is -2.17. The van der Waals surface area contributed by atoms with E-state index >= 15 is 0 Å². The Hall–Kier alpha value is -1.60. The molecule has 1 saturated carbocycles. The van der Waals surface area contributed by atoms with Crippen molar-refractivity contribution in [1.29, 1.82) is 0 Å².